The molecule has 0 amide bonds. The molecular formula is C16H22N4O2S. The van der Waals surface area contributed by atoms with Gasteiger partial charge in [0.25, 0.3) is 0 Å². The molecule has 0 saturated carbocycles. The van der Waals surface area contributed by atoms with Crippen molar-refractivity contribution in [1.82, 2.24) is 19.5 Å². The summed E-state index contributed by atoms with van der Waals surface area (Å²) in [5.74, 6) is 0.843. The third-order valence-corrected chi connectivity index (χ3v) is 6.31. The highest BCUT2D eigenvalue weighted by molar-refractivity contribution is 7.89. The van der Waals surface area contributed by atoms with Crippen molar-refractivity contribution in [2.45, 2.75) is 43.9 Å². The number of aromatic amines is 1. The first-order chi connectivity index (χ1) is 10.7. The average Bonchev–Trinajstić information content (AvgIpc) is 2.89. The fraction of sp³-hybridized carbons (Fsp3) is 0.500. The van der Waals surface area contributed by atoms with Crippen LogP contribution in [0.5, 0.6) is 0 Å². The number of nitrogens with one attached hydrogen (secondary N) is 1. The highest BCUT2D eigenvalue weighted by Crippen LogP contribution is 2.33. The first-order valence-electron chi connectivity index (χ1n) is 7.66. The summed E-state index contributed by atoms with van der Waals surface area (Å²) < 4.78 is 27.3. The quantitative estimate of drug-likeness (QED) is 0.933. The molecule has 1 aromatic carbocycles. The molecule has 0 bridgehead atoms. The number of sulfonamides is 1. The maximum absolute atomic E-state index is 12.9. The van der Waals surface area contributed by atoms with Crippen molar-refractivity contribution >= 4 is 10.0 Å². The Labute approximate surface area is 137 Å². The zero-order chi connectivity index (χ0) is 16.8. The van der Waals surface area contributed by atoms with E-state index in [0.29, 0.717) is 18.0 Å². The van der Waals surface area contributed by atoms with Gasteiger partial charge < -0.3 is 0 Å². The van der Waals surface area contributed by atoms with Gasteiger partial charge in [-0.2, -0.15) is 9.40 Å². The lowest BCUT2D eigenvalue weighted by atomic mass is 9.87. The van der Waals surface area contributed by atoms with Gasteiger partial charge in [-0.1, -0.05) is 32.9 Å². The molecule has 0 aliphatic carbocycles. The van der Waals surface area contributed by atoms with Gasteiger partial charge in [0.05, 0.1) is 4.90 Å². The Kier molecular flexibility index (Phi) is 3.80. The number of hydrogen-bond donors (Lipinski definition) is 1. The Morgan fingerprint density at radius 2 is 1.96 bits per heavy atom. The van der Waals surface area contributed by atoms with E-state index in [-0.39, 0.29) is 11.3 Å². The topological polar surface area (TPSA) is 79.0 Å². The molecule has 0 atom stereocenters. The van der Waals surface area contributed by atoms with Crippen LogP contribution in [0.15, 0.2) is 29.4 Å². The molecule has 3 rings (SSSR count). The average molecular weight is 334 g/mol. The predicted octanol–water partition coefficient (Wildman–Crippen LogP) is 2.20. The molecule has 1 aromatic heterocycles. The van der Waals surface area contributed by atoms with Crippen LogP contribution in [0.4, 0.5) is 0 Å². The van der Waals surface area contributed by atoms with Gasteiger partial charge in [0.2, 0.25) is 10.0 Å². The zero-order valence-corrected chi connectivity index (χ0v) is 14.7. The molecule has 1 aliphatic heterocycles. The van der Waals surface area contributed by atoms with Crippen molar-refractivity contribution in [3.05, 3.63) is 41.5 Å². The molecule has 0 radical (unpaired) electrons. The third-order valence-electron chi connectivity index (χ3n) is 4.34. The molecule has 1 aliphatic rings. The van der Waals surface area contributed by atoms with Gasteiger partial charge in [-0.05, 0) is 29.5 Å². The molecule has 2 aromatic rings. The number of benzene rings is 1. The van der Waals surface area contributed by atoms with Crippen LogP contribution in [-0.2, 0) is 15.4 Å². The van der Waals surface area contributed by atoms with E-state index in [1.165, 1.54) is 10.6 Å². The van der Waals surface area contributed by atoms with Crippen LogP contribution in [0.2, 0.25) is 0 Å². The van der Waals surface area contributed by atoms with Crippen molar-refractivity contribution in [1.29, 1.82) is 0 Å². The maximum atomic E-state index is 12.9. The Balaban J connectivity index is 1.86. The van der Waals surface area contributed by atoms with E-state index in [0.717, 1.165) is 17.0 Å². The van der Waals surface area contributed by atoms with Gasteiger partial charge in [0.15, 0.2) is 0 Å². The van der Waals surface area contributed by atoms with Crippen molar-refractivity contribution in [2.24, 2.45) is 0 Å². The normalized spacial score (nSPS) is 17.2. The van der Waals surface area contributed by atoms with Gasteiger partial charge >= 0.3 is 0 Å². The van der Waals surface area contributed by atoms with Gasteiger partial charge in [0, 0.05) is 19.0 Å². The number of hydrogen-bond acceptors (Lipinski definition) is 4. The summed E-state index contributed by atoms with van der Waals surface area (Å²) in [4.78, 5) is 4.51. The minimum Gasteiger partial charge on any atom is -0.263 e. The number of aromatic nitrogens is 3. The summed E-state index contributed by atoms with van der Waals surface area (Å²) >= 11 is 0. The molecule has 1 N–H and O–H groups in total. The molecule has 2 heterocycles. The van der Waals surface area contributed by atoms with E-state index in [9.17, 15) is 8.42 Å². The molecular weight excluding hydrogens is 312 g/mol. The van der Waals surface area contributed by atoms with Crippen LogP contribution >= 0.6 is 0 Å². The summed E-state index contributed by atoms with van der Waals surface area (Å²) in [6, 6.07) is 5.70. The molecule has 1 fully saturated rings. The number of H-pyrrole nitrogens is 1. The molecule has 0 spiro atoms. The standard InChI is InChI=1S/C16H22N4O2S/c1-11-5-6-13(16(2,3)4)7-14(11)23(21,22)20-8-12(9-20)15-17-10-18-19-15/h5-7,10,12H,8-9H2,1-4H3,(H,17,18,19). The van der Waals surface area contributed by atoms with Gasteiger partial charge in [-0.15, -0.1) is 0 Å². The summed E-state index contributed by atoms with van der Waals surface area (Å²) in [5, 5.41) is 6.63. The Bertz CT molecular complexity index is 801. The minimum absolute atomic E-state index is 0.0880. The zero-order valence-electron chi connectivity index (χ0n) is 13.9. The van der Waals surface area contributed by atoms with Crippen molar-refractivity contribution < 1.29 is 8.42 Å². The Morgan fingerprint density at radius 3 is 2.52 bits per heavy atom. The molecule has 124 valence electrons. The second-order valence-electron chi connectivity index (χ2n) is 7.12. The minimum atomic E-state index is -3.47. The van der Waals surface area contributed by atoms with E-state index in [1.807, 2.05) is 25.1 Å². The summed E-state index contributed by atoms with van der Waals surface area (Å²) in [6.45, 7) is 8.97. The van der Waals surface area contributed by atoms with Gasteiger partial charge in [-0.25, -0.2) is 13.4 Å². The predicted molar refractivity (Wildman–Crippen MR) is 87.8 cm³/mol. The summed E-state index contributed by atoms with van der Waals surface area (Å²) in [7, 11) is -3.47. The summed E-state index contributed by atoms with van der Waals surface area (Å²) in [6.07, 6.45) is 1.45. The largest absolute Gasteiger partial charge is 0.263 e. The van der Waals surface area contributed by atoms with Crippen molar-refractivity contribution in [3.8, 4) is 0 Å². The fourth-order valence-electron chi connectivity index (χ4n) is 2.70. The van der Waals surface area contributed by atoms with Gasteiger partial charge in [-0.3, -0.25) is 5.10 Å². The molecule has 1 saturated heterocycles. The molecule has 0 unspecified atom stereocenters. The monoisotopic (exact) mass is 334 g/mol. The van der Waals surface area contributed by atoms with Crippen LogP contribution in [0.3, 0.4) is 0 Å². The van der Waals surface area contributed by atoms with Crippen molar-refractivity contribution in [3.63, 3.8) is 0 Å². The first-order valence-corrected chi connectivity index (χ1v) is 9.10. The lowest BCUT2D eigenvalue weighted by molar-refractivity contribution is 0.256. The van der Waals surface area contributed by atoms with Crippen LogP contribution in [0.1, 0.15) is 43.6 Å². The molecule has 7 heteroatoms. The maximum Gasteiger partial charge on any atom is 0.243 e. The number of rotatable bonds is 3. The Hall–Kier alpha value is -1.73. The van der Waals surface area contributed by atoms with E-state index in [4.69, 9.17) is 0 Å². The Morgan fingerprint density at radius 1 is 1.26 bits per heavy atom. The summed E-state index contributed by atoms with van der Waals surface area (Å²) in [5.41, 5.74) is 1.71. The van der Waals surface area contributed by atoms with Crippen molar-refractivity contribution in [2.75, 3.05) is 13.1 Å². The SMILES string of the molecule is Cc1ccc(C(C)(C)C)cc1S(=O)(=O)N1CC(c2ncn[nH]2)C1. The second kappa shape index (κ2) is 5.42. The third kappa shape index (κ3) is 2.90. The first kappa shape index (κ1) is 16.1. The smallest absolute Gasteiger partial charge is 0.243 e. The molecule has 23 heavy (non-hydrogen) atoms. The van der Waals surface area contributed by atoms with Crippen LogP contribution in [0, 0.1) is 6.92 Å². The van der Waals surface area contributed by atoms with Gasteiger partial charge in [0.1, 0.15) is 12.2 Å². The van der Waals surface area contributed by atoms with E-state index < -0.39 is 10.0 Å². The van der Waals surface area contributed by atoms with Crippen LogP contribution < -0.4 is 0 Å². The second-order valence-corrected chi connectivity index (χ2v) is 9.03. The van der Waals surface area contributed by atoms with E-state index >= 15 is 0 Å². The van der Waals surface area contributed by atoms with E-state index in [2.05, 4.69) is 36.0 Å². The lowest BCUT2D eigenvalue weighted by Crippen LogP contribution is -2.48. The fourth-order valence-corrected chi connectivity index (χ4v) is 4.48. The van der Waals surface area contributed by atoms with Crippen LogP contribution in [0.25, 0.3) is 0 Å². The number of nitrogens with zero attached hydrogens (tertiary/aromatic N) is 3. The number of aryl methyl sites for hydroxylation is 1. The molecule has 6 nitrogen and oxygen atoms in total. The van der Waals surface area contributed by atoms with E-state index in [1.54, 1.807) is 0 Å². The lowest BCUT2D eigenvalue weighted by Gasteiger charge is -2.37. The van der Waals surface area contributed by atoms with Crippen LogP contribution in [-0.4, -0.2) is 41.0 Å². The highest BCUT2D eigenvalue weighted by atomic mass is 32.2. The highest BCUT2D eigenvalue weighted by Gasteiger charge is 2.39.